The van der Waals surface area contributed by atoms with E-state index in [1.807, 2.05) is 0 Å². The lowest BCUT2D eigenvalue weighted by atomic mass is 10.0. The van der Waals surface area contributed by atoms with E-state index in [0.717, 1.165) is 19.4 Å². The Balaban J connectivity index is 3.08. The van der Waals surface area contributed by atoms with Crippen LogP contribution in [0.25, 0.3) is 0 Å². The first-order chi connectivity index (χ1) is 40.3. The molecule has 4 heteroatoms. The van der Waals surface area contributed by atoms with Crippen molar-refractivity contribution in [1.29, 1.82) is 0 Å². The van der Waals surface area contributed by atoms with E-state index < -0.39 is 5.97 Å². The van der Waals surface area contributed by atoms with Crippen LogP contribution in [0.1, 0.15) is 482 Å². The van der Waals surface area contributed by atoms with Gasteiger partial charge < -0.3 is 5.11 Å². The first-order valence-corrected chi connectivity index (χ1v) is 38.9. The third-order valence-electron chi connectivity index (χ3n) is 19.0. The number of rotatable bonds is 77. The number of nitrogens with two attached hydrogens (primary N) is 1. The van der Waals surface area contributed by atoms with Gasteiger partial charge in [-0.05, 0) is 12.8 Å². The molecule has 0 rings (SSSR count). The van der Waals surface area contributed by atoms with Crippen molar-refractivity contribution in [2.24, 2.45) is 5.84 Å². The topological polar surface area (TPSA) is 75.3 Å². The van der Waals surface area contributed by atoms with Crippen LogP contribution < -0.4 is 11.3 Å². The fraction of sp³-hybridized carbons (Fsp3) is 0.987. The first kappa shape index (κ1) is 80.4. The number of hydrogen-bond donors (Lipinski definition) is 3. The molecule has 0 spiro atoms. The first-order valence-electron chi connectivity index (χ1n) is 38.9. The summed E-state index contributed by atoms with van der Waals surface area (Å²) in [7, 11) is 0. The summed E-state index contributed by atoms with van der Waals surface area (Å²) >= 11 is 0. The van der Waals surface area contributed by atoms with E-state index in [2.05, 4.69) is 5.43 Å². The molecule has 0 unspecified atom stereocenters. The van der Waals surface area contributed by atoms with Crippen molar-refractivity contribution in [2.75, 3.05) is 6.54 Å². The Hall–Kier alpha value is -0.610. The van der Waals surface area contributed by atoms with Crippen molar-refractivity contribution >= 4 is 5.97 Å². The maximum atomic E-state index is 10.5. The Kier molecular flexibility index (Phi) is 76.8. The van der Waals surface area contributed by atoms with Crippen molar-refractivity contribution in [3.05, 3.63) is 0 Å². The highest BCUT2D eigenvalue weighted by Gasteiger charge is 2.02. The summed E-state index contributed by atoms with van der Waals surface area (Å²) in [5.74, 6) is 4.68. The van der Waals surface area contributed by atoms with Gasteiger partial charge in [-0.15, -0.1) is 0 Å². The summed E-state index contributed by atoms with van der Waals surface area (Å²) in [4.78, 5) is 10.5. The van der Waals surface area contributed by atoms with Gasteiger partial charge in [-0.3, -0.25) is 16.1 Å². The number of aliphatic carboxylic acids is 1. The van der Waals surface area contributed by atoms with E-state index in [1.165, 1.54) is 462 Å². The van der Waals surface area contributed by atoms with Crippen LogP contribution in [0.5, 0.6) is 0 Å². The highest BCUT2D eigenvalue weighted by molar-refractivity contribution is 5.66. The lowest BCUT2D eigenvalue weighted by Gasteiger charge is -2.05. The maximum absolute atomic E-state index is 10.5. The van der Waals surface area contributed by atoms with Crippen molar-refractivity contribution in [2.45, 2.75) is 482 Å². The molecule has 81 heavy (non-hydrogen) atoms. The lowest BCUT2D eigenvalue weighted by molar-refractivity contribution is -0.137. The van der Waals surface area contributed by atoms with Gasteiger partial charge in [0.1, 0.15) is 0 Å². The molecule has 0 aromatic carbocycles. The van der Waals surface area contributed by atoms with Gasteiger partial charge in [0.05, 0.1) is 0 Å². The number of hydrazine groups is 1. The van der Waals surface area contributed by atoms with E-state index >= 15 is 0 Å². The second kappa shape index (κ2) is 77.4. The predicted molar refractivity (Wildman–Crippen MR) is 366 cm³/mol. The summed E-state index contributed by atoms with van der Waals surface area (Å²) in [6, 6.07) is 0. The summed E-state index contributed by atoms with van der Waals surface area (Å²) in [6.45, 7) is 0.971. The average molecular weight is 1140 g/mol. The number of carboxylic acid groups (broad SMARTS) is 1. The van der Waals surface area contributed by atoms with Crippen LogP contribution in [0.4, 0.5) is 0 Å². The molecule has 0 aromatic heterocycles. The third-order valence-corrected chi connectivity index (χ3v) is 19.0. The molecule has 0 radical (unpaired) electrons. The molecular weight excluding hydrogens is 985 g/mol. The van der Waals surface area contributed by atoms with Gasteiger partial charge in [-0.2, -0.15) is 0 Å². The van der Waals surface area contributed by atoms with E-state index in [4.69, 9.17) is 10.9 Å². The van der Waals surface area contributed by atoms with Gasteiger partial charge in [0, 0.05) is 13.0 Å². The molecule has 0 saturated carbocycles. The smallest absolute Gasteiger partial charge is 0.303 e. The predicted octanol–water partition coefficient (Wildman–Crippen LogP) is 27.8. The highest BCUT2D eigenvalue weighted by Crippen LogP contribution is 2.21. The lowest BCUT2D eigenvalue weighted by Crippen LogP contribution is -2.22. The number of nitrogens with one attached hydrogen (secondary N) is 1. The highest BCUT2D eigenvalue weighted by atomic mass is 16.4. The van der Waals surface area contributed by atoms with Gasteiger partial charge >= 0.3 is 5.97 Å². The van der Waals surface area contributed by atoms with Crippen LogP contribution in [0.2, 0.25) is 0 Å². The van der Waals surface area contributed by atoms with E-state index in [9.17, 15) is 4.79 Å². The van der Waals surface area contributed by atoms with Gasteiger partial charge in [0.25, 0.3) is 0 Å². The molecule has 0 amide bonds. The zero-order valence-corrected chi connectivity index (χ0v) is 56.2. The standard InChI is InChI=1S/C77H156N2O2/c78-79-76-74-72-70-68-66-64-62-60-58-56-54-52-50-48-46-44-42-40-38-36-34-32-30-28-26-24-22-20-18-16-14-12-10-8-6-4-2-1-3-5-7-9-11-13-15-17-19-21-23-25-27-29-31-33-35-37-39-41-43-45-47-49-51-53-55-57-59-61-63-65-67-69-71-73-75-77(80)81/h79H,1-76,78H2,(H,80,81). The van der Waals surface area contributed by atoms with Crippen molar-refractivity contribution in [3.63, 3.8) is 0 Å². The van der Waals surface area contributed by atoms with Crippen LogP contribution in [0, 0.1) is 0 Å². The minimum absolute atomic E-state index is 0.347. The summed E-state index contributed by atoms with van der Waals surface area (Å²) in [5, 5.41) is 8.69. The Morgan fingerprint density at radius 2 is 0.259 bits per heavy atom. The van der Waals surface area contributed by atoms with Gasteiger partial charge in [-0.1, -0.05) is 462 Å². The molecule has 0 fully saturated rings. The largest absolute Gasteiger partial charge is 0.481 e. The van der Waals surface area contributed by atoms with Crippen molar-refractivity contribution in [1.82, 2.24) is 5.43 Å². The molecule has 4 N–H and O–H groups in total. The summed E-state index contributed by atoms with van der Waals surface area (Å²) in [5.41, 5.74) is 2.76. The van der Waals surface area contributed by atoms with Crippen LogP contribution in [0.15, 0.2) is 0 Å². The molecule has 4 nitrogen and oxygen atoms in total. The molecule has 0 heterocycles. The monoisotopic (exact) mass is 1140 g/mol. The quantitative estimate of drug-likeness (QED) is 0.0322. The molecule has 0 bridgehead atoms. The SMILES string of the molecule is NNCCCCCCCCCCCCCCCCCCCCCCCCCCCCCCCCCCCCCCCCCCCCCCCCCCCCCCCCCCCCCCCCCCCCCCCCCCCCC(=O)O. The number of carbonyl (C=O) groups is 1. The van der Waals surface area contributed by atoms with E-state index in [-0.39, 0.29) is 0 Å². The van der Waals surface area contributed by atoms with Crippen molar-refractivity contribution < 1.29 is 9.90 Å². The van der Waals surface area contributed by atoms with Crippen molar-refractivity contribution in [3.8, 4) is 0 Å². The van der Waals surface area contributed by atoms with Gasteiger partial charge in [0.15, 0.2) is 0 Å². The Bertz CT molecular complexity index is 1080. The van der Waals surface area contributed by atoms with Crippen LogP contribution in [-0.4, -0.2) is 17.6 Å². The molecule has 0 saturated heterocycles. The second-order valence-electron chi connectivity index (χ2n) is 27.3. The van der Waals surface area contributed by atoms with Gasteiger partial charge in [-0.25, -0.2) is 0 Å². The Morgan fingerprint density at radius 3 is 0.346 bits per heavy atom. The van der Waals surface area contributed by atoms with E-state index in [1.54, 1.807) is 0 Å². The minimum Gasteiger partial charge on any atom is -0.481 e. The Labute approximate surface area is 512 Å². The third kappa shape index (κ3) is 79.4. The maximum Gasteiger partial charge on any atom is 0.303 e. The van der Waals surface area contributed by atoms with Crippen LogP contribution in [0.3, 0.4) is 0 Å². The zero-order valence-electron chi connectivity index (χ0n) is 56.2. The molecule has 0 aliphatic heterocycles. The van der Waals surface area contributed by atoms with Gasteiger partial charge in [0.2, 0.25) is 0 Å². The summed E-state index contributed by atoms with van der Waals surface area (Å²) < 4.78 is 0. The number of unbranched alkanes of at least 4 members (excludes halogenated alkanes) is 73. The molecule has 0 atom stereocenters. The molecule has 486 valence electrons. The molecular formula is C77H156N2O2. The number of hydrogen-bond acceptors (Lipinski definition) is 3. The zero-order chi connectivity index (χ0) is 58.0. The molecule has 0 aliphatic rings. The fourth-order valence-electron chi connectivity index (χ4n) is 13.2. The normalized spacial score (nSPS) is 11.7. The van der Waals surface area contributed by atoms with Crippen LogP contribution >= 0.6 is 0 Å². The number of carboxylic acids is 1. The fourth-order valence-corrected chi connectivity index (χ4v) is 13.2. The summed E-state index contributed by atoms with van der Waals surface area (Å²) in [6.07, 6.45) is 108. The average Bonchev–Trinajstić information content (AvgIpc) is 3.47. The van der Waals surface area contributed by atoms with Crippen LogP contribution in [-0.2, 0) is 4.79 Å². The Morgan fingerprint density at radius 1 is 0.173 bits per heavy atom. The minimum atomic E-state index is -0.645. The van der Waals surface area contributed by atoms with E-state index in [0.29, 0.717) is 6.42 Å². The molecule has 0 aliphatic carbocycles. The second-order valence-corrected chi connectivity index (χ2v) is 27.3. The molecule has 0 aromatic rings.